The fraction of sp³-hybridized carbons (Fsp3) is 0.583. The average Bonchev–Trinajstić information content (AvgIpc) is 2.30. The van der Waals surface area contributed by atoms with Gasteiger partial charge >= 0.3 is 0 Å². The Morgan fingerprint density at radius 3 is 2.88 bits per heavy atom. The van der Waals surface area contributed by atoms with Crippen molar-refractivity contribution in [2.24, 2.45) is 0 Å². The number of pyridine rings is 1. The second-order valence-electron chi connectivity index (χ2n) is 4.33. The van der Waals surface area contributed by atoms with Gasteiger partial charge in [-0.15, -0.1) is 0 Å². The van der Waals surface area contributed by atoms with Gasteiger partial charge in [-0.1, -0.05) is 6.92 Å². The van der Waals surface area contributed by atoms with Crippen molar-refractivity contribution in [2.45, 2.75) is 25.8 Å². The van der Waals surface area contributed by atoms with E-state index in [2.05, 4.69) is 22.1 Å². The molecule has 3 N–H and O–H groups in total. The van der Waals surface area contributed by atoms with Crippen LogP contribution in [0.5, 0.6) is 0 Å². The Morgan fingerprint density at radius 2 is 2.25 bits per heavy atom. The molecule has 4 nitrogen and oxygen atoms in total. The molecule has 0 spiro atoms. The van der Waals surface area contributed by atoms with Crippen LogP contribution < -0.4 is 11.1 Å². The number of nitrogen functional groups attached to an aromatic ring is 1. The fourth-order valence-corrected chi connectivity index (χ4v) is 2.13. The highest BCUT2D eigenvalue weighted by molar-refractivity contribution is 5.48. The van der Waals surface area contributed by atoms with Crippen molar-refractivity contribution in [1.29, 1.82) is 0 Å². The zero-order valence-corrected chi connectivity index (χ0v) is 9.82. The van der Waals surface area contributed by atoms with E-state index < -0.39 is 0 Å². The van der Waals surface area contributed by atoms with E-state index in [1.807, 2.05) is 12.1 Å². The largest absolute Gasteiger partial charge is 0.399 e. The lowest BCUT2D eigenvalue weighted by molar-refractivity contribution is 0.229. The zero-order chi connectivity index (χ0) is 11.4. The molecule has 88 valence electrons. The minimum Gasteiger partial charge on any atom is -0.399 e. The van der Waals surface area contributed by atoms with Crippen molar-refractivity contribution in [2.75, 3.05) is 30.7 Å². The summed E-state index contributed by atoms with van der Waals surface area (Å²) >= 11 is 0. The highest BCUT2D eigenvalue weighted by Crippen LogP contribution is 2.16. The maximum absolute atomic E-state index is 5.72. The predicted octanol–water partition coefficient (Wildman–Crippen LogP) is 1.56. The first-order valence-corrected chi connectivity index (χ1v) is 5.98. The Morgan fingerprint density at radius 1 is 1.50 bits per heavy atom. The summed E-state index contributed by atoms with van der Waals surface area (Å²) in [6, 6.07) is 4.24. The molecule has 4 heteroatoms. The molecule has 0 amide bonds. The van der Waals surface area contributed by atoms with Gasteiger partial charge in [-0.25, -0.2) is 4.98 Å². The van der Waals surface area contributed by atoms with E-state index in [1.54, 1.807) is 6.20 Å². The SMILES string of the molecule is CCN1CCC(Nc2cc(N)ccn2)CC1. The van der Waals surface area contributed by atoms with Gasteiger partial charge in [-0.05, 0) is 25.5 Å². The molecule has 0 saturated carbocycles. The number of piperidine rings is 1. The van der Waals surface area contributed by atoms with Gasteiger partial charge < -0.3 is 16.0 Å². The standard InChI is InChI=1S/C12H20N4/c1-2-16-7-4-11(5-8-16)15-12-9-10(13)3-6-14-12/h3,6,9,11H,2,4-5,7-8H2,1H3,(H3,13,14,15). The van der Waals surface area contributed by atoms with Crippen LogP contribution in [0.2, 0.25) is 0 Å². The van der Waals surface area contributed by atoms with Crippen LogP contribution in [-0.4, -0.2) is 35.6 Å². The normalized spacial score (nSPS) is 18.6. The van der Waals surface area contributed by atoms with Gasteiger partial charge in [-0.2, -0.15) is 0 Å². The number of rotatable bonds is 3. The summed E-state index contributed by atoms with van der Waals surface area (Å²) in [5.74, 6) is 0.898. The average molecular weight is 220 g/mol. The van der Waals surface area contributed by atoms with E-state index in [0.717, 1.165) is 18.1 Å². The molecule has 0 aliphatic carbocycles. The van der Waals surface area contributed by atoms with Crippen LogP contribution in [0.25, 0.3) is 0 Å². The molecule has 0 radical (unpaired) electrons. The summed E-state index contributed by atoms with van der Waals surface area (Å²) in [5, 5.41) is 3.45. The summed E-state index contributed by atoms with van der Waals surface area (Å²) < 4.78 is 0. The van der Waals surface area contributed by atoms with Gasteiger partial charge in [0.15, 0.2) is 0 Å². The van der Waals surface area contributed by atoms with Gasteiger partial charge in [0.25, 0.3) is 0 Å². The smallest absolute Gasteiger partial charge is 0.128 e. The van der Waals surface area contributed by atoms with E-state index >= 15 is 0 Å². The minimum absolute atomic E-state index is 0.539. The summed E-state index contributed by atoms with van der Waals surface area (Å²) in [4.78, 5) is 6.75. The lowest BCUT2D eigenvalue weighted by atomic mass is 10.1. The molecular formula is C12H20N4. The number of hydrogen-bond acceptors (Lipinski definition) is 4. The molecule has 0 aromatic carbocycles. The first kappa shape index (κ1) is 11.2. The van der Waals surface area contributed by atoms with Crippen molar-refractivity contribution < 1.29 is 0 Å². The predicted molar refractivity (Wildman–Crippen MR) is 67.4 cm³/mol. The van der Waals surface area contributed by atoms with Crippen LogP contribution >= 0.6 is 0 Å². The Hall–Kier alpha value is -1.29. The van der Waals surface area contributed by atoms with Crippen LogP contribution in [0.3, 0.4) is 0 Å². The van der Waals surface area contributed by atoms with E-state index in [9.17, 15) is 0 Å². The first-order chi connectivity index (χ1) is 7.78. The Balaban J connectivity index is 1.87. The third-order valence-corrected chi connectivity index (χ3v) is 3.17. The summed E-state index contributed by atoms with van der Waals surface area (Å²) in [5.41, 5.74) is 6.49. The molecule has 1 aliphatic heterocycles. The van der Waals surface area contributed by atoms with Gasteiger partial charge in [0, 0.05) is 37.1 Å². The van der Waals surface area contributed by atoms with Crippen molar-refractivity contribution in [3.8, 4) is 0 Å². The molecule has 2 rings (SSSR count). The Labute approximate surface area is 96.8 Å². The van der Waals surface area contributed by atoms with E-state index in [-0.39, 0.29) is 0 Å². The summed E-state index contributed by atoms with van der Waals surface area (Å²) in [6.07, 6.45) is 4.12. The second-order valence-corrected chi connectivity index (χ2v) is 4.33. The van der Waals surface area contributed by atoms with Crippen LogP contribution in [0.15, 0.2) is 18.3 Å². The molecule has 2 heterocycles. The first-order valence-electron chi connectivity index (χ1n) is 5.98. The molecule has 1 saturated heterocycles. The molecule has 0 atom stereocenters. The number of anilines is 2. The zero-order valence-electron chi connectivity index (χ0n) is 9.82. The summed E-state index contributed by atoms with van der Waals surface area (Å²) in [6.45, 7) is 5.73. The molecule has 1 aromatic heterocycles. The number of nitrogens with zero attached hydrogens (tertiary/aromatic N) is 2. The van der Waals surface area contributed by atoms with Crippen molar-refractivity contribution in [1.82, 2.24) is 9.88 Å². The summed E-state index contributed by atoms with van der Waals surface area (Å²) in [7, 11) is 0. The lowest BCUT2D eigenvalue weighted by Gasteiger charge is -2.31. The Kier molecular flexibility index (Phi) is 3.62. The number of hydrogen-bond donors (Lipinski definition) is 2. The van der Waals surface area contributed by atoms with Crippen molar-refractivity contribution >= 4 is 11.5 Å². The lowest BCUT2D eigenvalue weighted by Crippen LogP contribution is -2.38. The van der Waals surface area contributed by atoms with Gasteiger partial charge in [0.2, 0.25) is 0 Å². The minimum atomic E-state index is 0.539. The second kappa shape index (κ2) is 5.16. The van der Waals surface area contributed by atoms with Crippen LogP contribution in [0, 0.1) is 0 Å². The molecule has 1 aromatic rings. The highest BCUT2D eigenvalue weighted by Gasteiger charge is 2.17. The topological polar surface area (TPSA) is 54.2 Å². The molecular weight excluding hydrogens is 200 g/mol. The third kappa shape index (κ3) is 2.85. The fourth-order valence-electron chi connectivity index (χ4n) is 2.13. The van der Waals surface area contributed by atoms with E-state index in [4.69, 9.17) is 5.73 Å². The molecule has 1 aliphatic rings. The van der Waals surface area contributed by atoms with Gasteiger partial charge in [0.05, 0.1) is 0 Å². The number of aromatic nitrogens is 1. The highest BCUT2D eigenvalue weighted by atomic mass is 15.1. The molecule has 16 heavy (non-hydrogen) atoms. The Bertz CT molecular complexity index is 332. The maximum Gasteiger partial charge on any atom is 0.128 e. The maximum atomic E-state index is 5.72. The van der Waals surface area contributed by atoms with Crippen LogP contribution in [-0.2, 0) is 0 Å². The molecule has 0 bridgehead atoms. The van der Waals surface area contributed by atoms with E-state index in [1.165, 1.54) is 25.9 Å². The number of likely N-dealkylation sites (tertiary alicyclic amines) is 1. The van der Waals surface area contributed by atoms with Gasteiger partial charge in [-0.3, -0.25) is 0 Å². The van der Waals surface area contributed by atoms with E-state index in [0.29, 0.717) is 6.04 Å². The van der Waals surface area contributed by atoms with Gasteiger partial charge in [0.1, 0.15) is 5.82 Å². The van der Waals surface area contributed by atoms with Crippen LogP contribution in [0.4, 0.5) is 11.5 Å². The molecule has 0 unspecified atom stereocenters. The monoisotopic (exact) mass is 220 g/mol. The van der Waals surface area contributed by atoms with Crippen molar-refractivity contribution in [3.63, 3.8) is 0 Å². The van der Waals surface area contributed by atoms with Crippen LogP contribution in [0.1, 0.15) is 19.8 Å². The quantitative estimate of drug-likeness (QED) is 0.811. The number of nitrogens with two attached hydrogens (primary N) is 1. The number of nitrogens with one attached hydrogen (secondary N) is 1. The molecule has 1 fully saturated rings. The third-order valence-electron chi connectivity index (χ3n) is 3.17. The van der Waals surface area contributed by atoms with Crippen molar-refractivity contribution in [3.05, 3.63) is 18.3 Å².